The van der Waals surface area contributed by atoms with Crippen LogP contribution in [0, 0.1) is 11.3 Å². The lowest BCUT2D eigenvalue weighted by atomic mass is 9.76. The molecule has 0 spiro atoms. The first-order valence-corrected chi connectivity index (χ1v) is 8.43. The van der Waals surface area contributed by atoms with E-state index in [0.29, 0.717) is 5.41 Å². The molecule has 0 aromatic rings. The summed E-state index contributed by atoms with van der Waals surface area (Å²) in [5, 5.41) is 3.97. The van der Waals surface area contributed by atoms with E-state index in [2.05, 4.69) is 26.1 Å². The van der Waals surface area contributed by atoms with Crippen LogP contribution in [0.25, 0.3) is 0 Å². The average molecular weight is 266 g/mol. The molecule has 0 amide bonds. The monoisotopic (exact) mass is 266 g/mol. The molecule has 112 valence electrons. The first-order valence-electron chi connectivity index (χ1n) is 8.43. The number of rotatable bonds is 3. The number of hydrogen-bond donors (Lipinski definition) is 2. The highest BCUT2D eigenvalue weighted by Gasteiger charge is 2.36. The minimum Gasteiger partial charge on any atom is -0.329 e. The second-order valence-corrected chi connectivity index (χ2v) is 8.10. The lowest BCUT2D eigenvalue weighted by Crippen LogP contribution is -2.54. The zero-order chi connectivity index (χ0) is 13.9. The first kappa shape index (κ1) is 15.3. The third kappa shape index (κ3) is 3.95. The fourth-order valence-electron chi connectivity index (χ4n) is 4.18. The van der Waals surface area contributed by atoms with Crippen LogP contribution in [0.4, 0.5) is 0 Å². The number of nitrogens with two attached hydrogens (primary N) is 1. The summed E-state index contributed by atoms with van der Waals surface area (Å²) in [5.74, 6) is 0.867. The Balaban J connectivity index is 1.97. The molecule has 0 aromatic carbocycles. The molecule has 19 heavy (non-hydrogen) atoms. The molecular weight excluding hydrogens is 232 g/mol. The highest BCUT2D eigenvalue weighted by Crippen LogP contribution is 2.40. The van der Waals surface area contributed by atoms with Gasteiger partial charge in [0.05, 0.1) is 0 Å². The van der Waals surface area contributed by atoms with Gasteiger partial charge in [-0.15, -0.1) is 0 Å². The van der Waals surface area contributed by atoms with Crippen LogP contribution in [0.1, 0.15) is 78.6 Å². The van der Waals surface area contributed by atoms with Crippen molar-refractivity contribution in [3.8, 4) is 0 Å². The lowest BCUT2D eigenvalue weighted by Gasteiger charge is -2.36. The largest absolute Gasteiger partial charge is 0.329 e. The van der Waals surface area contributed by atoms with Crippen molar-refractivity contribution in [1.82, 2.24) is 5.32 Å². The van der Waals surface area contributed by atoms with Gasteiger partial charge in [0.1, 0.15) is 0 Å². The van der Waals surface area contributed by atoms with Crippen LogP contribution in [0.5, 0.6) is 0 Å². The minimum absolute atomic E-state index is 0.245. The van der Waals surface area contributed by atoms with Crippen LogP contribution in [0.3, 0.4) is 0 Å². The predicted molar refractivity (Wildman–Crippen MR) is 83.2 cm³/mol. The normalized spacial score (nSPS) is 34.4. The van der Waals surface area contributed by atoms with Crippen molar-refractivity contribution >= 4 is 0 Å². The Kier molecular flexibility index (Phi) is 4.94. The van der Waals surface area contributed by atoms with E-state index in [1.54, 1.807) is 0 Å². The van der Waals surface area contributed by atoms with Crippen LogP contribution in [-0.2, 0) is 0 Å². The predicted octanol–water partition coefficient (Wildman–Crippen LogP) is 3.84. The molecule has 3 N–H and O–H groups in total. The lowest BCUT2D eigenvalue weighted by molar-refractivity contribution is 0.202. The Morgan fingerprint density at radius 2 is 1.68 bits per heavy atom. The van der Waals surface area contributed by atoms with Crippen LogP contribution in [0.2, 0.25) is 0 Å². The van der Waals surface area contributed by atoms with Gasteiger partial charge in [0.15, 0.2) is 0 Å². The van der Waals surface area contributed by atoms with E-state index in [-0.39, 0.29) is 5.54 Å². The Hall–Kier alpha value is -0.0800. The van der Waals surface area contributed by atoms with Crippen molar-refractivity contribution in [3.63, 3.8) is 0 Å². The van der Waals surface area contributed by atoms with Gasteiger partial charge in [-0.25, -0.2) is 0 Å². The Morgan fingerprint density at radius 1 is 1.00 bits per heavy atom. The van der Waals surface area contributed by atoms with Gasteiger partial charge in [0.2, 0.25) is 0 Å². The molecule has 2 heteroatoms. The molecule has 2 rings (SSSR count). The summed E-state index contributed by atoms with van der Waals surface area (Å²) in [6.07, 6.45) is 12.2. The zero-order valence-corrected chi connectivity index (χ0v) is 13.3. The fourth-order valence-corrected chi connectivity index (χ4v) is 4.18. The van der Waals surface area contributed by atoms with E-state index in [1.165, 1.54) is 57.8 Å². The molecule has 0 aromatic heterocycles. The summed E-state index contributed by atoms with van der Waals surface area (Å²) in [4.78, 5) is 0. The van der Waals surface area contributed by atoms with Gasteiger partial charge < -0.3 is 11.1 Å². The third-order valence-corrected chi connectivity index (χ3v) is 5.66. The standard InChI is InChI=1S/C17H34N2/c1-16(2,3)14-7-6-11-17(13-18,12-10-14)19-15-8-4-5-9-15/h14-15,19H,4-13,18H2,1-3H3. The maximum atomic E-state index is 6.18. The smallest absolute Gasteiger partial charge is 0.0306 e. The molecule has 2 nitrogen and oxygen atoms in total. The van der Waals surface area contributed by atoms with Gasteiger partial charge in [-0.2, -0.15) is 0 Å². The molecule has 2 fully saturated rings. The summed E-state index contributed by atoms with van der Waals surface area (Å²) in [5.41, 5.74) is 6.88. The Labute approximate surface area is 119 Å². The maximum absolute atomic E-state index is 6.18. The van der Waals surface area contributed by atoms with E-state index in [4.69, 9.17) is 5.73 Å². The third-order valence-electron chi connectivity index (χ3n) is 5.66. The molecule has 0 bridgehead atoms. The SMILES string of the molecule is CC(C)(C)C1CCCC(CN)(NC2CCCC2)CC1. The Morgan fingerprint density at radius 3 is 2.26 bits per heavy atom. The van der Waals surface area contributed by atoms with E-state index in [0.717, 1.165) is 18.5 Å². The van der Waals surface area contributed by atoms with Gasteiger partial charge in [-0.1, -0.05) is 40.0 Å². The minimum atomic E-state index is 0.245. The number of nitrogens with one attached hydrogen (secondary N) is 1. The molecule has 2 unspecified atom stereocenters. The van der Waals surface area contributed by atoms with Gasteiger partial charge >= 0.3 is 0 Å². The zero-order valence-electron chi connectivity index (χ0n) is 13.3. The summed E-state index contributed by atoms with van der Waals surface area (Å²) in [6, 6.07) is 0.745. The average Bonchev–Trinajstić information content (AvgIpc) is 2.73. The second kappa shape index (κ2) is 6.13. The highest BCUT2D eigenvalue weighted by atomic mass is 15.0. The van der Waals surface area contributed by atoms with Crippen molar-refractivity contribution in [3.05, 3.63) is 0 Å². The van der Waals surface area contributed by atoms with Crippen molar-refractivity contribution in [2.75, 3.05) is 6.54 Å². The van der Waals surface area contributed by atoms with Crippen molar-refractivity contribution < 1.29 is 0 Å². The van der Waals surface area contributed by atoms with E-state index < -0.39 is 0 Å². The highest BCUT2D eigenvalue weighted by molar-refractivity contribution is 4.96. The van der Waals surface area contributed by atoms with Gasteiger partial charge in [-0.05, 0) is 49.9 Å². The number of hydrogen-bond acceptors (Lipinski definition) is 2. The molecule has 2 atom stereocenters. The van der Waals surface area contributed by atoms with E-state index >= 15 is 0 Å². The van der Waals surface area contributed by atoms with Gasteiger partial charge in [-0.3, -0.25) is 0 Å². The van der Waals surface area contributed by atoms with Crippen molar-refractivity contribution in [2.24, 2.45) is 17.1 Å². The molecule has 2 aliphatic rings. The summed E-state index contributed by atoms with van der Waals surface area (Å²) in [6.45, 7) is 8.02. The Bertz CT molecular complexity index is 275. The fraction of sp³-hybridized carbons (Fsp3) is 1.00. The molecule has 0 saturated heterocycles. The van der Waals surface area contributed by atoms with E-state index in [1.807, 2.05) is 0 Å². The van der Waals surface area contributed by atoms with Crippen LogP contribution >= 0.6 is 0 Å². The van der Waals surface area contributed by atoms with Crippen LogP contribution in [0.15, 0.2) is 0 Å². The molecular formula is C17H34N2. The molecule has 0 heterocycles. The summed E-state index contributed by atoms with van der Waals surface area (Å²) < 4.78 is 0. The van der Waals surface area contributed by atoms with E-state index in [9.17, 15) is 0 Å². The van der Waals surface area contributed by atoms with Crippen LogP contribution in [-0.4, -0.2) is 18.1 Å². The second-order valence-electron chi connectivity index (χ2n) is 8.10. The van der Waals surface area contributed by atoms with Crippen LogP contribution < -0.4 is 11.1 Å². The molecule has 2 aliphatic carbocycles. The quantitative estimate of drug-likeness (QED) is 0.762. The first-order chi connectivity index (χ1) is 8.95. The maximum Gasteiger partial charge on any atom is 0.0306 e. The summed E-state index contributed by atoms with van der Waals surface area (Å²) >= 11 is 0. The van der Waals surface area contributed by atoms with Gasteiger partial charge in [0.25, 0.3) is 0 Å². The molecule has 2 saturated carbocycles. The molecule has 0 radical (unpaired) electrons. The van der Waals surface area contributed by atoms with Crippen molar-refractivity contribution in [1.29, 1.82) is 0 Å². The summed E-state index contributed by atoms with van der Waals surface area (Å²) in [7, 11) is 0. The van der Waals surface area contributed by atoms with Crippen molar-refractivity contribution in [2.45, 2.75) is 90.1 Å². The van der Waals surface area contributed by atoms with Gasteiger partial charge in [0, 0.05) is 18.1 Å². The topological polar surface area (TPSA) is 38.0 Å². The molecule has 0 aliphatic heterocycles.